The lowest BCUT2D eigenvalue weighted by atomic mass is 10.2. The van der Waals surface area contributed by atoms with Crippen LogP contribution in [-0.2, 0) is 4.74 Å². The third-order valence-electron chi connectivity index (χ3n) is 3.45. The zero-order chi connectivity index (χ0) is 19.1. The molecule has 1 aromatic heterocycles. The first kappa shape index (κ1) is 19.1. The number of carbonyl (C=O) groups is 3. The summed E-state index contributed by atoms with van der Waals surface area (Å²) >= 11 is 0. The predicted molar refractivity (Wildman–Crippen MR) is 97.1 cm³/mol. The molecule has 0 unspecified atom stereocenters. The van der Waals surface area contributed by atoms with Crippen molar-refractivity contribution in [3.63, 3.8) is 0 Å². The standard InChI is InChI=1S/C19H21N3O4/c1-12(2)11-20-17(23)15-5-4-6-16(22-15)18(24)21-14-9-7-13(8-10-14)19(25)26-3/h4-10,12H,11H2,1-3H3,(H,20,23)(H,21,24). The zero-order valence-corrected chi connectivity index (χ0v) is 14.9. The molecule has 0 spiro atoms. The summed E-state index contributed by atoms with van der Waals surface area (Å²) in [6.45, 7) is 4.51. The number of ether oxygens (including phenoxy) is 1. The van der Waals surface area contributed by atoms with Crippen molar-refractivity contribution >= 4 is 23.5 Å². The third kappa shape index (κ3) is 5.14. The first-order valence-electron chi connectivity index (χ1n) is 8.15. The van der Waals surface area contributed by atoms with E-state index >= 15 is 0 Å². The number of hydrogen-bond acceptors (Lipinski definition) is 5. The first-order chi connectivity index (χ1) is 12.4. The van der Waals surface area contributed by atoms with Crippen LogP contribution in [0.5, 0.6) is 0 Å². The van der Waals surface area contributed by atoms with Crippen molar-refractivity contribution in [1.29, 1.82) is 0 Å². The summed E-state index contributed by atoms with van der Waals surface area (Å²) < 4.78 is 4.62. The van der Waals surface area contributed by atoms with Gasteiger partial charge in [0.15, 0.2) is 0 Å². The molecule has 0 saturated carbocycles. The second-order valence-electron chi connectivity index (χ2n) is 6.03. The van der Waals surface area contributed by atoms with Crippen LogP contribution in [0.1, 0.15) is 45.2 Å². The molecule has 7 nitrogen and oxygen atoms in total. The maximum Gasteiger partial charge on any atom is 0.337 e. The van der Waals surface area contributed by atoms with Crippen molar-refractivity contribution in [2.75, 3.05) is 19.0 Å². The van der Waals surface area contributed by atoms with E-state index in [-0.39, 0.29) is 17.3 Å². The van der Waals surface area contributed by atoms with Gasteiger partial charge in [-0.2, -0.15) is 0 Å². The number of carbonyl (C=O) groups excluding carboxylic acids is 3. The molecule has 1 heterocycles. The van der Waals surface area contributed by atoms with Crippen LogP contribution in [0.15, 0.2) is 42.5 Å². The minimum atomic E-state index is -0.454. The first-order valence-corrected chi connectivity index (χ1v) is 8.15. The number of nitrogens with one attached hydrogen (secondary N) is 2. The Hall–Kier alpha value is -3.22. The van der Waals surface area contributed by atoms with E-state index in [1.807, 2.05) is 13.8 Å². The van der Waals surface area contributed by atoms with Gasteiger partial charge < -0.3 is 15.4 Å². The molecule has 2 N–H and O–H groups in total. The van der Waals surface area contributed by atoms with Crippen molar-refractivity contribution in [3.05, 3.63) is 59.4 Å². The Bertz CT molecular complexity index is 801. The number of pyridine rings is 1. The molecule has 26 heavy (non-hydrogen) atoms. The molecule has 0 aliphatic carbocycles. The van der Waals surface area contributed by atoms with Gasteiger partial charge in [-0.25, -0.2) is 9.78 Å². The molecule has 2 rings (SSSR count). The van der Waals surface area contributed by atoms with E-state index in [4.69, 9.17) is 0 Å². The summed E-state index contributed by atoms with van der Waals surface area (Å²) in [4.78, 5) is 39.9. The van der Waals surface area contributed by atoms with Crippen LogP contribution in [0.25, 0.3) is 0 Å². The van der Waals surface area contributed by atoms with Crippen molar-refractivity contribution in [2.24, 2.45) is 5.92 Å². The fraction of sp³-hybridized carbons (Fsp3) is 0.263. The number of hydrogen-bond donors (Lipinski definition) is 2. The number of aromatic nitrogens is 1. The molecular formula is C19H21N3O4. The molecule has 0 fully saturated rings. The van der Waals surface area contributed by atoms with Gasteiger partial charge in [-0.05, 0) is 42.3 Å². The van der Waals surface area contributed by atoms with Crippen LogP contribution in [0, 0.1) is 5.92 Å². The van der Waals surface area contributed by atoms with Crippen LogP contribution in [0.3, 0.4) is 0 Å². The molecule has 136 valence electrons. The summed E-state index contributed by atoms with van der Waals surface area (Å²) in [5.41, 5.74) is 1.19. The van der Waals surface area contributed by atoms with Gasteiger partial charge in [0.2, 0.25) is 0 Å². The fourth-order valence-electron chi connectivity index (χ4n) is 2.08. The van der Waals surface area contributed by atoms with Gasteiger partial charge in [0.25, 0.3) is 11.8 Å². The average Bonchev–Trinajstić information content (AvgIpc) is 2.66. The maximum absolute atomic E-state index is 12.3. The smallest absolute Gasteiger partial charge is 0.337 e. The lowest BCUT2D eigenvalue weighted by molar-refractivity contribution is 0.0600. The second-order valence-corrected chi connectivity index (χ2v) is 6.03. The predicted octanol–water partition coefficient (Wildman–Crippen LogP) is 2.51. The molecule has 0 saturated heterocycles. The van der Waals surface area contributed by atoms with Crippen LogP contribution >= 0.6 is 0 Å². The van der Waals surface area contributed by atoms with Crippen LogP contribution in [0.2, 0.25) is 0 Å². The Morgan fingerprint density at radius 2 is 1.62 bits per heavy atom. The van der Waals surface area contributed by atoms with E-state index in [1.165, 1.54) is 13.2 Å². The van der Waals surface area contributed by atoms with Gasteiger partial charge in [-0.1, -0.05) is 19.9 Å². The highest BCUT2D eigenvalue weighted by Crippen LogP contribution is 2.12. The summed E-state index contributed by atoms with van der Waals surface area (Å²) in [6, 6.07) is 10.9. The largest absolute Gasteiger partial charge is 0.465 e. The van der Waals surface area contributed by atoms with Gasteiger partial charge in [-0.15, -0.1) is 0 Å². The van der Waals surface area contributed by atoms with Crippen molar-refractivity contribution in [3.8, 4) is 0 Å². The maximum atomic E-state index is 12.3. The molecule has 0 radical (unpaired) electrons. The molecule has 2 amide bonds. The molecule has 7 heteroatoms. The number of esters is 1. The van der Waals surface area contributed by atoms with E-state index in [2.05, 4.69) is 20.4 Å². The SMILES string of the molecule is COC(=O)c1ccc(NC(=O)c2cccc(C(=O)NCC(C)C)n2)cc1. The summed E-state index contributed by atoms with van der Waals surface area (Å²) in [5.74, 6) is -0.909. The van der Waals surface area contributed by atoms with Crippen LogP contribution in [0.4, 0.5) is 5.69 Å². The monoisotopic (exact) mass is 355 g/mol. The molecule has 1 aromatic carbocycles. The number of benzene rings is 1. The minimum absolute atomic E-state index is 0.124. The summed E-state index contributed by atoms with van der Waals surface area (Å²) in [6.07, 6.45) is 0. The average molecular weight is 355 g/mol. The van der Waals surface area contributed by atoms with E-state index < -0.39 is 11.9 Å². The number of rotatable bonds is 6. The van der Waals surface area contributed by atoms with Crippen molar-refractivity contribution < 1.29 is 19.1 Å². The second kappa shape index (κ2) is 8.75. The third-order valence-corrected chi connectivity index (χ3v) is 3.45. The quantitative estimate of drug-likeness (QED) is 0.776. The Kier molecular flexibility index (Phi) is 6.43. The zero-order valence-electron chi connectivity index (χ0n) is 14.9. The van der Waals surface area contributed by atoms with Crippen molar-refractivity contribution in [2.45, 2.75) is 13.8 Å². The van der Waals surface area contributed by atoms with Gasteiger partial charge in [0.05, 0.1) is 12.7 Å². The van der Waals surface area contributed by atoms with Crippen LogP contribution < -0.4 is 10.6 Å². The van der Waals surface area contributed by atoms with Gasteiger partial charge >= 0.3 is 5.97 Å². The van der Waals surface area contributed by atoms with Crippen molar-refractivity contribution in [1.82, 2.24) is 10.3 Å². The van der Waals surface area contributed by atoms with E-state index in [9.17, 15) is 14.4 Å². The number of amides is 2. The Balaban J connectivity index is 2.06. The van der Waals surface area contributed by atoms with Gasteiger partial charge in [-0.3, -0.25) is 9.59 Å². The molecule has 0 bridgehead atoms. The Labute approximate surface area is 151 Å². The summed E-state index contributed by atoms with van der Waals surface area (Å²) in [5, 5.41) is 5.43. The Morgan fingerprint density at radius 1 is 1.00 bits per heavy atom. The topological polar surface area (TPSA) is 97.4 Å². The van der Waals surface area contributed by atoms with Gasteiger partial charge in [0.1, 0.15) is 11.4 Å². The number of methoxy groups -OCH3 is 1. The number of nitrogens with zero attached hydrogens (tertiary/aromatic N) is 1. The highest BCUT2D eigenvalue weighted by Gasteiger charge is 2.13. The van der Waals surface area contributed by atoms with Gasteiger partial charge in [0, 0.05) is 12.2 Å². The lowest BCUT2D eigenvalue weighted by Crippen LogP contribution is -2.28. The van der Waals surface area contributed by atoms with E-state index in [1.54, 1.807) is 36.4 Å². The Morgan fingerprint density at radius 3 is 2.19 bits per heavy atom. The fourth-order valence-corrected chi connectivity index (χ4v) is 2.08. The van der Waals surface area contributed by atoms with E-state index in [0.29, 0.717) is 23.7 Å². The molecular weight excluding hydrogens is 334 g/mol. The van der Waals surface area contributed by atoms with Crippen LogP contribution in [-0.4, -0.2) is 36.4 Å². The molecule has 0 aliphatic heterocycles. The van der Waals surface area contributed by atoms with E-state index in [0.717, 1.165) is 0 Å². The minimum Gasteiger partial charge on any atom is -0.465 e. The molecule has 2 aromatic rings. The normalized spacial score (nSPS) is 10.3. The summed E-state index contributed by atoms with van der Waals surface area (Å²) in [7, 11) is 1.30. The molecule has 0 atom stereocenters. The number of anilines is 1. The molecule has 0 aliphatic rings. The lowest BCUT2D eigenvalue weighted by Gasteiger charge is -2.09. The highest BCUT2D eigenvalue weighted by molar-refractivity contribution is 6.04. The highest BCUT2D eigenvalue weighted by atomic mass is 16.5.